The van der Waals surface area contributed by atoms with Gasteiger partial charge in [0.2, 0.25) is 0 Å². The van der Waals surface area contributed by atoms with E-state index in [9.17, 15) is 14.9 Å². The van der Waals surface area contributed by atoms with E-state index in [2.05, 4.69) is 26.3 Å². The van der Waals surface area contributed by atoms with Crippen LogP contribution in [0.2, 0.25) is 0 Å². The predicted octanol–water partition coefficient (Wildman–Crippen LogP) is 3.22. The van der Waals surface area contributed by atoms with Crippen LogP contribution in [-0.2, 0) is 6.54 Å². The second kappa shape index (κ2) is 7.35. The molecule has 0 spiro atoms. The Morgan fingerprint density at radius 2 is 2.04 bits per heavy atom. The number of halogens is 1. The molecule has 3 heterocycles. The number of anilines is 1. The highest BCUT2D eigenvalue weighted by molar-refractivity contribution is 9.10. The van der Waals surface area contributed by atoms with Gasteiger partial charge >= 0.3 is 5.82 Å². The Labute approximate surface area is 166 Å². The molecule has 0 radical (unpaired) electrons. The quantitative estimate of drug-likeness (QED) is 0.469. The third-order valence-electron chi connectivity index (χ3n) is 3.88. The second-order valence-electron chi connectivity index (χ2n) is 5.83. The van der Waals surface area contributed by atoms with E-state index in [1.807, 2.05) is 0 Å². The molecule has 1 aliphatic heterocycles. The van der Waals surface area contributed by atoms with E-state index in [0.717, 1.165) is 0 Å². The van der Waals surface area contributed by atoms with Crippen LogP contribution < -0.4 is 14.8 Å². The lowest BCUT2D eigenvalue weighted by Gasteiger charge is -2.18. The highest BCUT2D eigenvalue weighted by Crippen LogP contribution is 2.32. The predicted molar refractivity (Wildman–Crippen MR) is 99.8 cm³/mol. The van der Waals surface area contributed by atoms with Gasteiger partial charge in [-0.05, 0) is 45.1 Å². The van der Waals surface area contributed by atoms with Crippen LogP contribution in [0.1, 0.15) is 16.3 Å². The molecular formula is C17H13BrN4O6. The highest BCUT2D eigenvalue weighted by Gasteiger charge is 2.20. The number of amides is 1. The molecule has 3 aromatic rings. The average molecular weight is 449 g/mol. The minimum absolute atomic E-state index is 0.102. The maximum atomic E-state index is 12.4. The SMILES string of the molecule is O=C(Nc1ccc2c(c1)OCCO2)c1ccc(Cn2cc(Br)c([N+](=O)[O-])n2)o1. The summed E-state index contributed by atoms with van der Waals surface area (Å²) in [5.41, 5.74) is 0.541. The summed E-state index contributed by atoms with van der Waals surface area (Å²) in [6, 6.07) is 8.24. The van der Waals surface area contributed by atoms with Crippen molar-refractivity contribution in [2.45, 2.75) is 6.54 Å². The Balaban J connectivity index is 1.44. The number of nitro groups is 1. The summed E-state index contributed by atoms with van der Waals surface area (Å²) in [6.07, 6.45) is 1.47. The van der Waals surface area contributed by atoms with Gasteiger partial charge in [0.05, 0.1) is 11.3 Å². The fourth-order valence-electron chi connectivity index (χ4n) is 2.65. The lowest BCUT2D eigenvalue weighted by Crippen LogP contribution is -2.16. The van der Waals surface area contributed by atoms with E-state index in [1.165, 1.54) is 16.9 Å². The van der Waals surface area contributed by atoms with Crippen LogP contribution in [0.5, 0.6) is 11.5 Å². The highest BCUT2D eigenvalue weighted by atomic mass is 79.9. The molecule has 0 unspecified atom stereocenters. The number of fused-ring (bicyclic) bond motifs is 1. The number of hydrogen-bond donors (Lipinski definition) is 1. The monoisotopic (exact) mass is 448 g/mol. The molecular weight excluding hydrogens is 436 g/mol. The molecule has 0 fully saturated rings. The molecule has 10 nitrogen and oxygen atoms in total. The summed E-state index contributed by atoms with van der Waals surface area (Å²) < 4.78 is 18.1. The number of furan rings is 1. The van der Waals surface area contributed by atoms with Gasteiger partial charge < -0.3 is 29.3 Å². The van der Waals surface area contributed by atoms with Gasteiger partial charge in [-0.2, -0.15) is 4.68 Å². The number of ether oxygens (including phenoxy) is 2. The summed E-state index contributed by atoms with van der Waals surface area (Å²) in [4.78, 5) is 22.7. The van der Waals surface area contributed by atoms with Gasteiger partial charge in [-0.15, -0.1) is 0 Å². The summed E-state index contributed by atoms with van der Waals surface area (Å²) in [7, 11) is 0. The molecule has 0 saturated heterocycles. The van der Waals surface area contributed by atoms with Crippen LogP contribution in [0, 0.1) is 10.1 Å². The van der Waals surface area contributed by atoms with Crippen molar-refractivity contribution in [3.8, 4) is 11.5 Å². The zero-order valence-electron chi connectivity index (χ0n) is 14.3. The Bertz CT molecular complexity index is 1060. The van der Waals surface area contributed by atoms with E-state index < -0.39 is 10.8 Å². The number of carbonyl (C=O) groups excluding carboxylic acids is 1. The van der Waals surface area contributed by atoms with E-state index in [-0.39, 0.29) is 22.6 Å². The maximum Gasteiger partial charge on any atom is 0.404 e. The minimum atomic E-state index is -0.588. The number of aromatic nitrogens is 2. The molecule has 1 amide bonds. The fraction of sp³-hybridized carbons (Fsp3) is 0.176. The summed E-state index contributed by atoms with van der Waals surface area (Å²) in [5.74, 6) is 1.00. The summed E-state index contributed by atoms with van der Waals surface area (Å²) >= 11 is 3.08. The molecule has 28 heavy (non-hydrogen) atoms. The van der Waals surface area contributed by atoms with Gasteiger partial charge in [-0.3, -0.25) is 4.79 Å². The molecule has 0 bridgehead atoms. The molecule has 1 aliphatic rings. The Morgan fingerprint density at radius 1 is 1.25 bits per heavy atom. The van der Waals surface area contributed by atoms with E-state index in [4.69, 9.17) is 13.9 Å². The van der Waals surface area contributed by atoms with Crippen molar-refractivity contribution in [3.63, 3.8) is 0 Å². The Hall–Kier alpha value is -3.34. The number of hydrogen-bond acceptors (Lipinski definition) is 7. The van der Waals surface area contributed by atoms with E-state index >= 15 is 0 Å². The summed E-state index contributed by atoms with van der Waals surface area (Å²) in [5, 5.41) is 17.4. The van der Waals surface area contributed by atoms with Crippen molar-refractivity contribution in [1.82, 2.24) is 9.78 Å². The Kier molecular flexibility index (Phi) is 4.74. The second-order valence-corrected chi connectivity index (χ2v) is 6.69. The van der Waals surface area contributed by atoms with Crippen molar-refractivity contribution >= 4 is 33.3 Å². The first-order valence-corrected chi connectivity index (χ1v) is 8.96. The number of nitrogens with one attached hydrogen (secondary N) is 1. The average Bonchev–Trinajstić information content (AvgIpc) is 3.28. The third kappa shape index (κ3) is 3.69. The zero-order valence-corrected chi connectivity index (χ0v) is 15.8. The third-order valence-corrected chi connectivity index (χ3v) is 4.43. The van der Waals surface area contributed by atoms with Crippen LogP contribution in [0.25, 0.3) is 0 Å². The molecule has 144 valence electrons. The van der Waals surface area contributed by atoms with Crippen LogP contribution >= 0.6 is 15.9 Å². The van der Waals surface area contributed by atoms with Crippen LogP contribution in [0.15, 0.2) is 45.4 Å². The van der Waals surface area contributed by atoms with Crippen LogP contribution in [0.3, 0.4) is 0 Å². The fourth-order valence-corrected chi connectivity index (χ4v) is 3.11. The first kappa shape index (κ1) is 18.0. The first-order valence-electron chi connectivity index (χ1n) is 8.16. The lowest BCUT2D eigenvalue weighted by atomic mass is 10.2. The van der Waals surface area contributed by atoms with Gasteiger partial charge in [0.15, 0.2) is 17.3 Å². The normalized spacial score (nSPS) is 12.6. The molecule has 0 aliphatic carbocycles. The molecule has 2 aromatic heterocycles. The molecule has 1 N–H and O–H groups in total. The molecule has 4 rings (SSSR count). The Morgan fingerprint density at radius 3 is 2.79 bits per heavy atom. The molecule has 0 saturated carbocycles. The standard InChI is InChI=1S/C17H13BrN4O6/c18-12-9-21(20-16(12)22(24)25)8-11-2-4-14(28-11)17(23)19-10-1-3-13-15(7-10)27-6-5-26-13/h1-4,7,9H,5-6,8H2,(H,19,23). The zero-order chi connectivity index (χ0) is 19.7. The number of carbonyl (C=O) groups is 1. The van der Waals surface area contributed by atoms with Gasteiger partial charge in [-0.1, -0.05) is 0 Å². The van der Waals surface area contributed by atoms with Gasteiger partial charge in [0, 0.05) is 11.8 Å². The van der Waals surface area contributed by atoms with E-state index in [1.54, 1.807) is 24.3 Å². The van der Waals surface area contributed by atoms with Crippen LogP contribution in [0.4, 0.5) is 11.5 Å². The van der Waals surface area contributed by atoms with Crippen molar-refractivity contribution < 1.29 is 23.6 Å². The number of rotatable bonds is 5. The lowest BCUT2D eigenvalue weighted by molar-refractivity contribution is -0.390. The van der Waals surface area contributed by atoms with Crippen molar-refractivity contribution in [2.75, 3.05) is 18.5 Å². The molecule has 0 atom stereocenters. The number of nitrogens with zero attached hydrogens (tertiary/aromatic N) is 3. The van der Waals surface area contributed by atoms with Gasteiger partial charge in [0.25, 0.3) is 5.91 Å². The van der Waals surface area contributed by atoms with E-state index in [0.29, 0.717) is 36.2 Å². The van der Waals surface area contributed by atoms with Crippen molar-refractivity contribution in [3.05, 3.63) is 62.6 Å². The van der Waals surface area contributed by atoms with Crippen molar-refractivity contribution in [2.24, 2.45) is 0 Å². The molecule has 11 heteroatoms. The maximum absolute atomic E-state index is 12.4. The van der Waals surface area contributed by atoms with Gasteiger partial charge in [-0.25, -0.2) is 0 Å². The first-order chi connectivity index (χ1) is 13.5. The van der Waals surface area contributed by atoms with Crippen molar-refractivity contribution in [1.29, 1.82) is 0 Å². The molecule has 1 aromatic carbocycles. The smallest absolute Gasteiger partial charge is 0.404 e. The largest absolute Gasteiger partial charge is 0.486 e. The number of benzene rings is 1. The topological polar surface area (TPSA) is 122 Å². The van der Waals surface area contributed by atoms with Gasteiger partial charge in [0.1, 0.15) is 30.0 Å². The minimum Gasteiger partial charge on any atom is -0.486 e. The van der Waals surface area contributed by atoms with Crippen LogP contribution in [-0.4, -0.2) is 33.8 Å². The summed E-state index contributed by atoms with van der Waals surface area (Å²) in [6.45, 7) is 1.08.